The molecule has 0 aromatic carbocycles. The fraction of sp³-hybridized carbons (Fsp3) is 0.935. The summed E-state index contributed by atoms with van der Waals surface area (Å²) in [4.78, 5) is 23.0. The first kappa shape index (κ1) is 26.1. The van der Waals surface area contributed by atoms with E-state index in [2.05, 4.69) is 27.7 Å². The number of hydrogen-bond donors (Lipinski definition) is 1. The highest BCUT2D eigenvalue weighted by atomic mass is 16.7. The van der Waals surface area contributed by atoms with Gasteiger partial charge in [-0.1, -0.05) is 27.7 Å². The normalized spacial score (nSPS) is 52.6. The fourth-order valence-electron chi connectivity index (χ4n) is 10.8. The van der Waals surface area contributed by atoms with Gasteiger partial charge in [0.1, 0.15) is 6.10 Å². The summed E-state index contributed by atoms with van der Waals surface area (Å²) in [5.41, 5.74) is 0.670. The molecule has 2 heterocycles. The molecule has 0 aromatic heterocycles. The summed E-state index contributed by atoms with van der Waals surface area (Å²) in [7, 11) is 0. The van der Waals surface area contributed by atoms with Crippen LogP contribution in [0.2, 0.25) is 0 Å². The van der Waals surface area contributed by atoms with Crippen molar-refractivity contribution in [1.82, 2.24) is 0 Å². The third-order valence-corrected chi connectivity index (χ3v) is 12.7. The predicted molar refractivity (Wildman–Crippen MR) is 138 cm³/mol. The minimum atomic E-state index is -0.942. The first-order valence-electron chi connectivity index (χ1n) is 15.3. The van der Waals surface area contributed by atoms with Crippen molar-refractivity contribution in [2.75, 3.05) is 6.61 Å². The summed E-state index contributed by atoms with van der Waals surface area (Å²) in [6.45, 7) is 10.7. The summed E-state index contributed by atoms with van der Waals surface area (Å²) >= 11 is 0. The number of aliphatic carboxylic acids is 1. The number of hydrogen-bond acceptors (Lipinski definition) is 5. The van der Waals surface area contributed by atoms with Crippen LogP contribution in [0.3, 0.4) is 0 Å². The molecule has 3 unspecified atom stereocenters. The van der Waals surface area contributed by atoms with Crippen LogP contribution in [0.1, 0.15) is 105 Å². The van der Waals surface area contributed by atoms with Crippen LogP contribution in [0.25, 0.3) is 0 Å². The summed E-state index contributed by atoms with van der Waals surface area (Å²) in [6, 6.07) is 0. The molecular weight excluding hydrogens is 468 g/mol. The predicted octanol–water partition coefficient (Wildman–Crippen LogP) is 6.21. The first-order chi connectivity index (χ1) is 17.6. The summed E-state index contributed by atoms with van der Waals surface area (Å²) < 4.78 is 19.2. The Morgan fingerprint density at radius 3 is 2.43 bits per heavy atom. The minimum absolute atomic E-state index is 0.0209. The van der Waals surface area contributed by atoms with E-state index in [-0.39, 0.29) is 30.7 Å². The van der Waals surface area contributed by atoms with Crippen molar-refractivity contribution >= 4 is 11.9 Å². The summed E-state index contributed by atoms with van der Waals surface area (Å²) in [5, 5.41) is 8.87. The zero-order valence-electron chi connectivity index (χ0n) is 23.4. The van der Waals surface area contributed by atoms with Gasteiger partial charge in [-0.25, -0.2) is 0 Å². The quantitative estimate of drug-likeness (QED) is 0.448. The molecule has 2 aliphatic heterocycles. The van der Waals surface area contributed by atoms with E-state index in [4.69, 9.17) is 19.3 Å². The Bertz CT molecular complexity index is 909. The maximum Gasteiger partial charge on any atom is 0.306 e. The third kappa shape index (κ3) is 4.10. The van der Waals surface area contributed by atoms with Gasteiger partial charge in [-0.15, -0.1) is 0 Å². The second kappa shape index (κ2) is 9.21. The molecule has 6 aliphatic rings. The third-order valence-electron chi connectivity index (χ3n) is 12.7. The molecule has 0 amide bonds. The molecule has 208 valence electrons. The lowest BCUT2D eigenvalue weighted by molar-refractivity contribution is -0.273. The largest absolute Gasteiger partial charge is 0.481 e. The topological polar surface area (TPSA) is 82.1 Å². The molecule has 1 N–H and O–H groups in total. The summed E-state index contributed by atoms with van der Waals surface area (Å²) in [6.07, 6.45) is 11.7. The minimum Gasteiger partial charge on any atom is -0.481 e. The van der Waals surface area contributed by atoms with Gasteiger partial charge in [0.05, 0.1) is 25.6 Å². The van der Waals surface area contributed by atoms with Crippen LogP contribution in [-0.2, 0) is 23.8 Å². The Morgan fingerprint density at radius 2 is 1.70 bits per heavy atom. The van der Waals surface area contributed by atoms with E-state index in [1.54, 1.807) is 0 Å². The number of carboxylic acid groups (broad SMARTS) is 1. The number of carboxylic acids is 1. The number of ether oxygens (including phenoxy) is 3. The second-order valence-corrected chi connectivity index (χ2v) is 14.5. The molecule has 37 heavy (non-hydrogen) atoms. The van der Waals surface area contributed by atoms with E-state index in [1.807, 2.05) is 0 Å². The van der Waals surface area contributed by atoms with E-state index in [0.29, 0.717) is 40.6 Å². The van der Waals surface area contributed by atoms with Gasteiger partial charge in [0.2, 0.25) is 0 Å². The van der Waals surface area contributed by atoms with E-state index in [9.17, 15) is 9.59 Å². The maximum atomic E-state index is 12.2. The van der Waals surface area contributed by atoms with Gasteiger partial charge in [0, 0.05) is 12.3 Å². The van der Waals surface area contributed by atoms with Crippen molar-refractivity contribution in [1.29, 1.82) is 0 Å². The van der Waals surface area contributed by atoms with Crippen molar-refractivity contribution in [2.24, 2.45) is 52.3 Å². The molecule has 12 atom stereocenters. The highest BCUT2D eigenvalue weighted by molar-refractivity contribution is 5.76. The standard InChI is InChI=1S/C31H48O6/c1-18-9-14-31(35-17-18)19(2)28-25(37-31)16-24-22-6-5-20-15-21(36-27(34)8-7-26(32)33)10-12-29(20,3)23(22)11-13-30(24,28)4/h18-25,28H,5-17H2,1-4H3,(H,32,33)/t18-,19-,20+,21+,22?,23?,24?,25-,28-,29-,30-,31+/m0/s1. The molecule has 4 saturated carbocycles. The molecule has 0 bridgehead atoms. The lowest BCUT2D eigenvalue weighted by Crippen LogP contribution is -2.55. The van der Waals surface area contributed by atoms with Crippen LogP contribution >= 0.6 is 0 Å². The smallest absolute Gasteiger partial charge is 0.306 e. The Morgan fingerprint density at radius 1 is 0.919 bits per heavy atom. The van der Waals surface area contributed by atoms with Crippen LogP contribution in [0.15, 0.2) is 0 Å². The van der Waals surface area contributed by atoms with Gasteiger partial charge in [-0.2, -0.15) is 0 Å². The average molecular weight is 517 g/mol. The van der Waals surface area contributed by atoms with Gasteiger partial charge < -0.3 is 19.3 Å². The van der Waals surface area contributed by atoms with Crippen LogP contribution in [0.4, 0.5) is 0 Å². The number of esters is 1. The molecule has 4 aliphatic carbocycles. The van der Waals surface area contributed by atoms with Gasteiger partial charge in [0.15, 0.2) is 5.79 Å². The number of fused-ring (bicyclic) bond motifs is 7. The van der Waals surface area contributed by atoms with E-state index in [1.165, 1.54) is 38.5 Å². The molecule has 1 spiro atoms. The van der Waals surface area contributed by atoms with Crippen LogP contribution < -0.4 is 0 Å². The van der Waals surface area contributed by atoms with Crippen molar-refractivity contribution in [3.63, 3.8) is 0 Å². The fourth-order valence-corrected chi connectivity index (χ4v) is 10.8. The maximum absolute atomic E-state index is 12.2. The van der Waals surface area contributed by atoms with E-state index < -0.39 is 5.97 Å². The molecule has 0 aromatic rings. The van der Waals surface area contributed by atoms with Crippen LogP contribution in [0.5, 0.6) is 0 Å². The SMILES string of the molecule is C[C@H]1CC[C@@]2(OC1)O[C@H]1CC3C4CC[C@@H]5C[C@H](OC(=O)CCC(=O)O)CC[C@]5(C)C4CC[C@]3(C)[C@H]1[C@@H]2C. The zero-order chi connectivity index (χ0) is 26.2. The Labute approximate surface area is 222 Å². The van der Waals surface area contributed by atoms with Gasteiger partial charge in [0.25, 0.3) is 0 Å². The van der Waals surface area contributed by atoms with Gasteiger partial charge >= 0.3 is 11.9 Å². The van der Waals surface area contributed by atoms with Gasteiger partial charge in [-0.3, -0.25) is 9.59 Å². The van der Waals surface area contributed by atoms with E-state index >= 15 is 0 Å². The molecule has 6 fully saturated rings. The Hall–Kier alpha value is -1.14. The molecule has 6 nitrogen and oxygen atoms in total. The van der Waals surface area contributed by atoms with Crippen molar-refractivity contribution in [3.05, 3.63) is 0 Å². The Kier molecular flexibility index (Phi) is 6.50. The van der Waals surface area contributed by atoms with E-state index in [0.717, 1.165) is 50.0 Å². The lowest BCUT2D eigenvalue weighted by Gasteiger charge is -2.61. The average Bonchev–Trinajstić information content (AvgIpc) is 3.30. The van der Waals surface area contributed by atoms with Crippen LogP contribution in [0, 0.1) is 52.3 Å². The van der Waals surface area contributed by atoms with Crippen LogP contribution in [-0.4, -0.2) is 41.6 Å². The number of carbonyl (C=O) groups is 2. The lowest BCUT2D eigenvalue weighted by atomic mass is 9.44. The number of rotatable bonds is 4. The highest BCUT2D eigenvalue weighted by Crippen LogP contribution is 2.71. The highest BCUT2D eigenvalue weighted by Gasteiger charge is 2.69. The van der Waals surface area contributed by atoms with Crippen molar-refractivity contribution in [3.8, 4) is 0 Å². The molecule has 6 heteroatoms. The van der Waals surface area contributed by atoms with Gasteiger partial charge in [-0.05, 0) is 104 Å². The number of carbonyl (C=O) groups excluding carboxylic acids is 1. The monoisotopic (exact) mass is 516 g/mol. The van der Waals surface area contributed by atoms with Crippen molar-refractivity contribution < 1.29 is 28.9 Å². The molecule has 2 saturated heterocycles. The molecular formula is C31H48O6. The first-order valence-corrected chi connectivity index (χ1v) is 15.3. The molecule has 0 radical (unpaired) electrons. The Balaban J connectivity index is 1.13. The second-order valence-electron chi connectivity index (χ2n) is 14.5. The zero-order valence-corrected chi connectivity index (χ0v) is 23.4. The van der Waals surface area contributed by atoms with Crippen molar-refractivity contribution in [2.45, 2.75) is 123 Å². The summed E-state index contributed by atoms with van der Waals surface area (Å²) in [5.74, 6) is 2.96. The molecule has 6 rings (SSSR count).